The van der Waals surface area contributed by atoms with Crippen molar-refractivity contribution in [1.82, 2.24) is 0 Å². The first kappa shape index (κ1) is 18.6. The van der Waals surface area contributed by atoms with Crippen molar-refractivity contribution in [3.8, 4) is 0 Å². The Bertz CT molecular complexity index is 895. The quantitative estimate of drug-likeness (QED) is 0.324. The fourth-order valence-electron chi connectivity index (χ4n) is 4.06. The average Bonchev–Trinajstić information content (AvgIpc) is 3.26. The van der Waals surface area contributed by atoms with Gasteiger partial charge in [-0.3, -0.25) is 19.2 Å². The van der Waals surface area contributed by atoms with Crippen molar-refractivity contribution in [2.75, 3.05) is 4.90 Å². The predicted molar refractivity (Wildman–Crippen MR) is 95.0 cm³/mol. The van der Waals surface area contributed by atoms with Gasteiger partial charge >= 0.3 is 11.9 Å². The summed E-state index contributed by atoms with van der Waals surface area (Å²) < 4.78 is 16.2. The van der Waals surface area contributed by atoms with Crippen LogP contribution in [0.3, 0.4) is 0 Å². The number of amides is 2. The summed E-state index contributed by atoms with van der Waals surface area (Å²) in [6.07, 6.45) is 0.983. The van der Waals surface area contributed by atoms with Crippen LogP contribution >= 0.6 is 11.6 Å². The van der Waals surface area contributed by atoms with Crippen LogP contribution in [0.2, 0.25) is 5.02 Å². The zero-order valence-corrected chi connectivity index (χ0v) is 15.7. The van der Waals surface area contributed by atoms with Gasteiger partial charge in [-0.05, 0) is 30.3 Å². The van der Waals surface area contributed by atoms with Gasteiger partial charge in [0, 0.05) is 18.9 Å². The van der Waals surface area contributed by atoms with Crippen LogP contribution in [0.5, 0.6) is 0 Å². The molecule has 4 rings (SSSR count). The van der Waals surface area contributed by atoms with Gasteiger partial charge in [0.1, 0.15) is 0 Å². The number of ether oxygens (including phenoxy) is 3. The monoisotopic (exact) mass is 405 g/mol. The lowest BCUT2D eigenvalue weighted by Gasteiger charge is -2.34. The van der Waals surface area contributed by atoms with Crippen molar-refractivity contribution in [2.45, 2.75) is 31.8 Å². The molecule has 0 saturated carbocycles. The standard InChI is InChI=1S/C19H16ClNO7/c1-9(22)26-18(27-10(2)23)19-8-7-13(28-19)14-15(19)17(25)21(16(14)24)12-5-3-11(20)4-6-12/h3-8,13-15,18H,1-2H3/t13-,14+,15-,19+/m1/s1. The lowest BCUT2D eigenvalue weighted by Crippen LogP contribution is -2.52. The van der Waals surface area contributed by atoms with Gasteiger partial charge in [0.25, 0.3) is 6.29 Å². The highest BCUT2D eigenvalue weighted by molar-refractivity contribution is 6.31. The Morgan fingerprint density at radius 1 is 1.11 bits per heavy atom. The van der Waals surface area contributed by atoms with E-state index < -0.39 is 53.6 Å². The van der Waals surface area contributed by atoms with E-state index in [0.29, 0.717) is 10.7 Å². The molecule has 0 unspecified atom stereocenters. The number of halogens is 1. The molecular formula is C19H16ClNO7. The Kier molecular flexibility index (Phi) is 4.28. The maximum Gasteiger partial charge on any atom is 0.305 e. The Morgan fingerprint density at radius 3 is 2.29 bits per heavy atom. The summed E-state index contributed by atoms with van der Waals surface area (Å²) in [5.41, 5.74) is -1.18. The van der Waals surface area contributed by atoms with E-state index >= 15 is 0 Å². The second kappa shape index (κ2) is 6.42. The number of fused-ring (bicyclic) bond motifs is 5. The van der Waals surface area contributed by atoms with E-state index in [1.54, 1.807) is 30.3 Å². The number of hydrogen-bond donors (Lipinski definition) is 0. The fourth-order valence-corrected chi connectivity index (χ4v) is 4.19. The van der Waals surface area contributed by atoms with Gasteiger partial charge in [0.15, 0.2) is 5.60 Å². The Balaban J connectivity index is 1.74. The molecule has 8 nitrogen and oxygen atoms in total. The lowest BCUT2D eigenvalue weighted by molar-refractivity contribution is -0.226. The van der Waals surface area contributed by atoms with E-state index in [2.05, 4.69) is 0 Å². The predicted octanol–water partition coefficient (Wildman–Crippen LogP) is 1.61. The molecule has 9 heteroatoms. The first-order chi connectivity index (χ1) is 13.2. The maximum absolute atomic E-state index is 13.2. The maximum atomic E-state index is 13.2. The third-order valence-corrected chi connectivity index (χ3v) is 5.33. The highest BCUT2D eigenvalue weighted by atomic mass is 35.5. The third-order valence-electron chi connectivity index (χ3n) is 5.08. The van der Waals surface area contributed by atoms with Crippen LogP contribution in [-0.2, 0) is 33.4 Å². The van der Waals surface area contributed by atoms with E-state index in [-0.39, 0.29) is 0 Å². The fraction of sp³-hybridized carbons (Fsp3) is 0.368. The first-order valence-corrected chi connectivity index (χ1v) is 8.97. The summed E-state index contributed by atoms with van der Waals surface area (Å²) in [7, 11) is 0. The number of imide groups is 1. The largest absolute Gasteiger partial charge is 0.422 e. The highest BCUT2D eigenvalue weighted by Gasteiger charge is 2.72. The molecule has 2 fully saturated rings. The molecular weight excluding hydrogens is 390 g/mol. The Labute approximate surface area is 165 Å². The molecule has 2 amide bonds. The van der Waals surface area contributed by atoms with E-state index in [1.165, 1.54) is 6.08 Å². The van der Waals surface area contributed by atoms with Crippen molar-refractivity contribution in [3.05, 3.63) is 41.4 Å². The smallest absolute Gasteiger partial charge is 0.305 e. The van der Waals surface area contributed by atoms with Gasteiger partial charge < -0.3 is 14.2 Å². The van der Waals surface area contributed by atoms with Crippen LogP contribution < -0.4 is 4.90 Å². The van der Waals surface area contributed by atoms with Gasteiger partial charge in [-0.15, -0.1) is 0 Å². The zero-order chi connectivity index (χ0) is 20.2. The number of esters is 2. The van der Waals surface area contributed by atoms with Gasteiger partial charge in [0.2, 0.25) is 11.8 Å². The van der Waals surface area contributed by atoms with Crippen LogP contribution in [0, 0.1) is 11.8 Å². The van der Waals surface area contributed by atoms with Gasteiger partial charge in [-0.2, -0.15) is 0 Å². The number of hydrogen-bond acceptors (Lipinski definition) is 7. The molecule has 0 spiro atoms. The average molecular weight is 406 g/mol. The molecule has 0 aromatic heterocycles. The number of carbonyl (C=O) groups is 4. The molecule has 2 saturated heterocycles. The van der Waals surface area contributed by atoms with Crippen molar-refractivity contribution >= 4 is 41.0 Å². The van der Waals surface area contributed by atoms with Crippen molar-refractivity contribution in [1.29, 1.82) is 0 Å². The van der Waals surface area contributed by atoms with Gasteiger partial charge in [-0.25, -0.2) is 4.90 Å². The zero-order valence-electron chi connectivity index (χ0n) is 15.0. The Morgan fingerprint density at radius 2 is 1.71 bits per heavy atom. The Hall–Kier alpha value is -2.71. The number of carbonyl (C=O) groups excluding carboxylic acids is 4. The summed E-state index contributed by atoms with van der Waals surface area (Å²) in [5.74, 6) is -4.17. The lowest BCUT2D eigenvalue weighted by atomic mass is 9.76. The molecule has 146 valence electrons. The van der Waals surface area contributed by atoms with Crippen LogP contribution in [0.1, 0.15) is 13.8 Å². The summed E-state index contributed by atoms with van der Waals surface area (Å²) in [6, 6.07) is 6.28. The topological polar surface area (TPSA) is 99.2 Å². The van der Waals surface area contributed by atoms with Gasteiger partial charge in [-0.1, -0.05) is 17.7 Å². The second-order valence-electron chi connectivity index (χ2n) is 6.84. The number of benzene rings is 1. The van der Waals surface area contributed by atoms with Crippen molar-refractivity contribution < 1.29 is 33.4 Å². The van der Waals surface area contributed by atoms with Crippen LogP contribution in [-0.4, -0.2) is 41.7 Å². The SMILES string of the molecule is CC(=O)OC(OC(C)=O)[C@@]12C=C[C@@H](O1)[C@@H]1C(=O)N(c3ccc(Cl)cc3)C(=O)[C@@H]12. The minimum absolute atomic E-state index is 0.375. The van der Waals surface area contributed by atoms with Crippen LogP contribution in [0.25, 0.3) is 0 Å². The van der Waals surface area contributed by atoms with E-state index in [1.807, 2.05) is 0 Å². The van der Waals surface area contributed by atoms with E-state index in [0.717, 1.165) is 18.7 Å². The molecule has 0 N–H and O–H groups in total. The first-order valence-electron chi connectivity index (χ1n) is 8.59. The van der Waals surface area contributed by atoms with E-state index in [9.17, 15) is 19.2 Å². The van der Waals surface area contributed by atoms with E-state index in [4.69, 9.17) is 25.8 Å². The molecule has 1 aromatic carbocycles. The summed E-state index contributed by atoms with van der Waals surface area (Å²) >= 11 is 5.89. The minimum Gasteiger partial charge on any atom is -0.422 e. The van der Waals surface area contributed by atoms with Crippen LogP contribution in [0.4, 0.5) is 5.69 Å². The molecule has 0 radical (unpaired) electrons. The number of anilines is 1. The van der Waals surface area contributed by atoms with Gasteiger partial charge in [0.05, 0.1) is 23.6 Å². The highest BCUT2D eigenvalue weighted by Crippen LogP contribution is 2.54. The van der Waals surface area contributed by atoms with Crippen LogP contribution in [0.15, 0.2) is 36.4 Å². The molecule has 3 aliphatic heterocycles. The summed E-state index contributed by atoms with van der Waals surface area (Å²) in [5, 5.41) is 0.467. The van der Waals surface area contributed by atoms with Crippen molar-refractivity contribution in [3.63, 3.8) is 0 Å². The summed E-state index contributed by atoms with van der Waals surface area (Å²) in [6.45, 7) is 2.30. The molecule has 3 aliphatic rings. The molecule has 2 bridgehead atoms. The molecule has 4 atom stereocenters. The number of rotatable bonds is 4. The molecule has 0 aliphatic carbocycles. The second-order valence-corrected chi connectivity index (χ2v) is 7.27. The molecule has 1 aromatic rings. The summed E-state index contributed by atoms with van der Waals surface area (Å²) in [4.78, 5) is 50.4. The normalized spacial score (nSPS) is 30.1. The molecule has 3 heterocycles. The number of nitrogens with zero attached hydrogens (tertiary/aromatic N) is 1. The minimum atomic E-state index is -1.55. The van der Waals surface area contributed by atoms with Crippen molar-refractivity contribution in [2.24, 2.45) is 11.8 Å². The molecule has 28 heavy (non-hydrogen) atoms. The third kappa shape index (κ3) is 2.63.